The Labute approximate surface area is 289 Å². The van der Waals surface area contributed by atoms with Gasteiger partial charge in [0.1, 0.15) is 29.5 Å². The number of nitrogens with zero attached hydrogens (tertiary/aromatic N) is 5. The summed E-state index contributed by atoms with van der Waals surface area (Å²) in [6.07, 6.45) is 9.41. The van der Waals surface area contributed by atoms with Crippen molar-refractivity contribution in [2.75, 3.05) is 37.7 Å². The van der Waals surface area contributed by atoms with Gasteiger partial charge in [-0.15, -0.1) is 6.42 Å². The van der Waals surface area contributed by atoms with E-state index in [0.29, 0.717) is 26.1 Å². The summed E-state index contributed by atoms with van der Waals surface area (Å²) in [7, 11) is 0. The predicted octanol–water partition coefficient (Wildman–Crippen LogP) is 6.10. The van der Waals surface area contributed by atoms with E-state index in [4.69, 9.17) is 16.1 Å². The highest BCUT2D eigenvalue weighted by atomic mass is 19.3. The van der Waals surface area contributed by atoms with E-state index in [2.05, 4.69) is 27.2 Å². The van der Waals surface area contributed by atoms with Gasteiger partial charge in [0.15, 0.2) is 5.82 Å². The first kappa shape index (κ1) is 32.2. The highest BCUT2D eigenvalue weighted by molar-refractivity contribution is 6.06. The van der Waals surface area contributed by atoms with Crippen molar-refractivity contribution in [3.63, 3.8) is 0 Å². The van der Waals surface area contributed by atoms with Gasteiger partial charge in [-0.2, -0.15) is 9.97 Å². The number of nitro groups is 1. The Morgan fingerprint density at radius 3 is 2.63 bits per heavy atom. The van der Waals surface area contributed by atoms with Crippen LogP contribution in [0.5, 0.6) is 11.8 Å². The van der Waals surface area contributed by atoms with Crippen molar-refractivity contribution in [2.45, 2.75) is 68.5 Å². The molecule has 2 bridgehead atoms. The molecule has 3 atom stereocenters. The molecule has 1 saturated carbocycles. The molecule has 3 aromatic carbocycles. The molecule has 4 aromatic rings. The number of nitro benzene ring substituents is 1. The molecule has 2 N–H and O–H groups in total. The molecule has 5 aliphatic rings. The number of phenolic OH excluding ortho intramolecular Hbond substituents is 1. The van der Waals surface area contributed by atoms with Crippen molar-refractivity contribution in [3.05, 3.63) is 57.6 Å². The third-order valence-electron chi connectivity index (χ3n) is 11.7. The second-order valence-electron chi connectivity index (χ2n) is 15.1. The highest BCUT2D eigenvalue weighted by Crippen LogP contribution is 2.62. The number of aromatic hydroxyl groups is 1. The Morgan fingerprint density at radius 1 is 1.16 bits per heavy atom. The fraction of sp³-hybridized carbons (Fsp3) is 0.459. The third kappa shape index (κ3) is 5.07. The van der Waals surface area contributed by atoms with Gasteiger partial charge in [-0.05, 0) is 61.6 Å². The van der Waals surface area contributed by atoms with Crippen LogP contribution in [0.25, 0.3) is 32.8 Å². The Kier molecular flexibility index (Phi) is 7.02. The Hall–Kier alpha value is -4.74. The molecule has 0 amide bonds. The van der Waals surface area contributed by atoms with Gasteiger partial charge in [0, 0.05) is 67.6 Å². The molecular weight excluding hydrogens is 668 g/mol. The van der Waals surface area contributed by atoms with Crippen LogP contribution in [0, 0.1) is 45.6 Å². The number of terminal acetylenes is 1. The minimum atomic E-state index is -2.66. The number of piperazine rings is 1. The maximum absolute atomic E-state index is 17.2. The quantitative estimate of drug-likeness (QED) is 0.107. The zero-order chi connectivity index (χ0) is 35.4. The summed E-state index contributed by atoms with van der Waals surface area (Å²) in [5, 5.41) is 27.0. The number of halogens is 4. The predicted molar refractivity (Wildman–Crippen MR) is 180 cm³/mol. The Balaban J connectivity index is 1.20. The lowest BCUT2D eigenvalue weighted by molar-refractivity contribution is -0.384. The van der Waals surface area contributed by atoms with Crippen LogP contribution in [0.15, 0.2) is 24.3 Å². The number of nitrogens with one attached hydrogen (secondary N) is 1. The van der Waals surface area contributed by atoms with E-state index in [0.717, 1.165) is 44.4 Å². The number of benzene rings is 3. The monoisotopic (exact) mass is 701 g/mol. The first-order valence-electron chi connectivity index (χ1n) is 17.2. The Bertz CT molecular complexity index is 2190. The number of phenols is 1. The van der Waals surface area contributed by atoms with Crippen molar-refractivity contribution in [2.24, 2.45) is 5.41 Å². The van der Waals surface area contributed by atoms with Gasteiger partial charge in [0.2, 0.25) is 5.92 Å². The molecule has 14 heteroatoms. The lowest BCUT2D eigenvalue weighted by atomic mass is 9.63. The summed E-state index contributed by atoms with van der Waals surface area (Å²) in [4.78, 5) is 25.4. The molecule has 5 heterocycles. The van der Waals surface area contributed by atoms with Gasteiger partial charge in [0.25, 0.3) is 5.69 Å². The van der Waals surface area contributed by atoms with Crippen LogP contribution < -0.4 is 15.0 Å². The molecule has 1 aliphatic carbocycles. The van der Waals surface area contributed by atoms with Crippen LogP contribution in [0.1, 0.15) is 50.5 Å². The lowest BCUT2D eigenvalue weighted by Gasteiger charge is -2.45. The summed E-state index contributed by atoms with van der Waals surface area (Å²) in [5.74, 6) is -2.49. The minimum absolute atomic E-state index is 0.0294. The van der Waals surface area contributed by atoms with E-state index >= 15 is 4.39 Å². The largest absolute Gasteiger partial charge is 0.507 e. The van der Waals surface area contributed by atoms with Crippen molar-refractivity contribution < 1.29 is 32.3 Å². The minimum Gasteiger partial charge on any atom is -0.507 e. The van der Waals surface area contributed by atoms with E-state index in [-0.39, 0.29) is 76.2 Å². The normalized spacial score (nSPS) is 26.1. The summed E-state index contributed by atoms with van der Waals surface area (Å²) in [6, 6.07) is 7.46. The summed E-state index contributed by atoms with van der Waals surface area (Å²) in [5.41, 5.74) is -2.88. The topological polar surface area (TPSA) is 117 Å². The van der Waals surface area contributed by atoms with Gasteiger partial charge in [-0.25, -0.2) is 17.6 Å². The molecular formula is C37H33F4N6O4. The number of hydrogen-bond donors (Lipinski definition) is 2. The Morgan fingerprint density at radius 2 is 1.92 bits per heavy atom. The molecule has 1 aromatic heterocycles. The van der Waals surface area contributed by atoms with E-state index in [9.17, 15) is 28.4 Å². The molecule has 4 saturated heterocycles. The fourth-order valence-electron chi connectivity index (χ4n) is 9.83. The maximum atomic E-state index is 17.2. The average molecular weight is 702 g/mol. The van der Waals surface area contributed by atoms with Crippen LogP contribution >= 0.6 is 0 Å². The maximum Gasteiger partial charge on any atom is 0.319 e. The van der Waals surface area contributed by atoms with E-state index < -0.39 is 50.4 Å². The van der Waals surface area contributed by atoms with Gasteiger partial charge >= 0.3 is 6.01 Å². The number of anilines is 1. The highest BCUT2D eigenvalue weighted by Gasteiger charge is 2.65. The average Bonchev–Trinajstić information content (AvgIpc) is 3.71. The van der Waals surface area contributed by atoms with E-state index in [1.807, 2.05) is 4.90 Å². The van der Waals surface area contributed by atoms with Crippen molar-refractivity contribution in [1.29, 1.82) is 0 Å². The standard InChI is InChI=1S/C37H33F4N6O4/c1-2-24-27(38)7-4-20-10-23(48)11-25(29(20)24)30-28(47(49)50)12-26-32(31(30)39)43-34(44-33(26)45-13-21-5-6-22(14-45)42-21)51-19-36-8-3-9-46(36)18-35(15-36)16-37(40,41)17-35/h1,4,7,11-12,21-22,42,48H,3,5-6,8-9,13-19H2/t21-,22+,36?. The summed E-state index contributed by atoms with van der Waals surface area (Å²) < 4.78 is 66.7. The molecule has 9 rings (SSSR count). The number of aromatic nitrogens is 2. The molecule has 5 fully saturated rings. The second-order valence-corrected chi connectivity index (χ2v) is 15.1. The molecule has 1 unspecified atom stereocenters. The van der Waals surface area contributed by atoms with Gasteiger partial charge in [0.05, 0.1) is 27.0 Å². The van der Waals surface area contributed by atoms with Crippen LogP contribution in [0.3, 0.4) is 0 Å². The number of fused-ring (bicyclic) bond motifs is 5. The first-order valence-corrected chi connectivity index (χ1v) is 17.2. The van der Waals surface area contributed by atoms with Crippen LogP contribution in [-0.2, 0) is 0 Å². The van der Waals surface area contributed by atoms with Crippen molar-refractivity contribution in [1.82, 2.24) is 20.2 Å². The van der Waals surface area contributed by atoms with Crippen molar-refractivity contribution in [3.8, 4) is 35.2 Å². The van der Waals surface area contributed by atoms with Gasteiger partial charge < -0.3 is 20.1 Å². The number of ether oxygens (including phenoxy) is 1. The molecule has 51 heavy (non-hydrogen) atoms. The van der Waals surface area contributed by atoms with E-state index in [1.165, 1.54) is 12.1 Å². The zero-order valence-electron chi connectivity index (χ0n) is 27.4. The molecule has 1 spiro atoms. The number of rotatable bonds is 6. The number of hydrogen-bond acceptors (Lipinski definition) is 9. The zero-order valence-corrected chi connectivity index (χ0v) is 27.4. The fourth-order valence-corrected chi connectivity index (χ4v) is 9.83. The van der Waals surface area contributed by atoms with Gasteiger partial charge in [-0.1, -0.05) is 12.0 Å². The third-order valence-corrected chi connectivity index (χ3v) is 11.7. The smallest absolute Gasteiger partial charge is 0.319 e. The van der Waals surface area contributed by atoms with Crippen LogP contribution in [-0.4, -0.2) is 81.2 Å². The molecule has 263 valence electrons. The summed E-state index contributed by atoms with van der Waals surface area (Å²) >= 11 is 0. The lowest BCUT2D eigenvalue weighted by Crippen LogP contribution is -2.51. The second kappa shape index (κ2) is 11.1. The summed E-state index contributed by atoms with van der Waals surface area (Å²) in [6.45, 7) is 2.48. The van der Waals surface area contributed by atoms with Crippen LogP contribution in [0.4, 0.5) is 29.1 Å². The first-order chi connectivity index (χ1) is 24.4. The van der Waals surface area contributed by atoms with Crippen molar-refractivity contribution >= 4 is 33.2 Å². The number of alkyl halides is 2. The van der Waals surface area contributed by atoms with Gasteiger partial charge in [-0.3, -0.25) is 15.0 Å². The van der Waals surface area contributed by atoms with Crippen LogP contribution in [0.2, 0.25) is 0 Å². The SMILES string of the molecule is C#Cc1c(F)ccc2[c]c(O)cc(-c3c([N+](=O)[O-])cc4c(N5C[C@H]6CC[C@@H](C5)N6)nc(OCC56CCCN5CC5(CC(F)(F)C5)C6)nc4c3F)c12. The molecule has 4 aliphatic heterocycles. The molecule has 10 nitrogen and oxygen atoms in total. The van der Waals surface area contributed by atoms with E-state index in [1.54, 1.807) is 0 Å². The molecule has 1 radical (unpaired) electrons.